The number of anilines is 1. The van der Waals surface area contributed by atoms with Gasteiger partial charge in [0.1, 0.15) is 0 Å². The summed E-state index contributed by atoms with van der Waals surface area (Å²) in [6.07, 6.45) is 1.99. The lowest BCUT2D eigenvalue weighted by Gasteiger charge is -2.11. The van der Waals surface area contributed by atoms with Crippen LogP contribution in [0.5, 0.6) is 0 Å². The molecule has 2 aromatic rings. The van der Waals surface area contributed by atoms with Crippen molar-refractivity contribution in [3.8, 4) is 0 Å². The lowest BCUT2D eigenvalue weighted by Crippen LogP contribution is -2.09. The predicted octanol–water partition coefficient (Wildman–Crippen LogP) is 2.42. The normalized spacial score (nSPS) is 10.1. The maximum Gasteiger partial charge on any atom is 0.339 e. The number of carbonyl (C=O) groups excluding carboxylic acids is 1. The number of hydrogen-bond donors (Lipinski definition) is 1. The minimum Gasteiger partial charge on any atom is -0.465 e. The maximum atomic E-state index is 11.6. The number of nitrogens with zero attached hydrogens (tertiary/aromatic N) is 1. The number of aromatic nitrogens is 1. The maximum absolute atomic E-state index is 11.6. The van der Waals surface area contributed by atoms with Crippen molar-refractivity contribution in [1.29, 1.82) is 0 Å². The summed E-state index contributed by atoms with van der Waals surface area (Å²) in [5.41, 5.74) is 2.48. The molecule has 2 rings (SSSR count). The molecule has 0 fully saturated rings. The zero-order chi connectivity index (χ0) is 13.0. The van der Waals surface area contributed by atoms with Gasteiger partial charge >= 0.3 is 5.97 Å². The third-order valence-electron chi connectivity index (χ3n) is 2.84. The first-order chi connectivity index (χ1) is 8.72. The Hall–Kier alpha value is -2.23. The third kappa shape index (κ3) is 2.53. The second-order valence-electron chi connectivity index (χ2n) is 4.00. The standard InChI is InChI=1S/C14H16N2O2/c1-16-9-5-6-11(16)10-15-13-8-4-3-7-12(13)14(17)18-2/h3-9,15H,10H2,1-2H3. The van der Waals surface area contributed by atoms with E-state index in [2.05, 4.69) is 5.32 Å². The molecule has 1 aromatic carbocycles. The molecule has 0 radical (unpaired) electrons. The van der Waals surface area contributed by atoms with Crippen molar-refractivity contribution >= 4 is 11.7 Å². The van der Waals surface area contributed by atoms with Crippen LogP contribution in [-0.2, 0) is 18.3 Å². The van der Waals surface area contributed by atoms with Crippen LogP contribution < -0.4 is 5.32 Å². The van der Waals surface area contributed by atoms with Crippen molar-refractivity contribution in [2.45, 2.75) is 6.54 Å². The molecule has 94 valence electrons. The van der Waals surface area contributed by atoms with Gasteiger partial charge in [0.05, 0.1) is 19.2 Å². The summed E-state index contributed by atoms with van der Waals surface area (Å²) < 4.78 is 6.79. The quantitative estimate of drug-likeness (QED) is 0.840. The molecule has 0 aliphatic heterocycles. The van der Waals surface area contributed by atoms with Crippen LogP contribution in [0.3, 0.4) is 0 Å². The number of ether oxygens (including phenoxy) is 1. The van der Waals surface area contributed by atoms with E-state index in [1.54, 1.807) is 6.07 Å². The van der Waals surface area contributed by atoms with Crippen LogP contribution in [0, 0.1) is 0 Å². The molecule has 0 unspecified atom stereocenters. The molecule has 0 saturated carbocycles. The van der Waals surface area contributed by atoms with Gasteiger partial charge in [0.25, 0.3) is 0 Å². The van der Waals surface area contributed by atoms with Crippen molar-refractivity contribution in [3.63, 3.8) is 0 Å². The Morgan fingerprint density at radius 2 is 2.06 bits per heavy atom. The predicted molar refractivity (Wildman–Crippen MR) is 70.5 cm³/mol. The Bertz CT molecular complexity index is 546. The number of carbonyl (C=O) groups is 1. The van der Waals surface area contributed by atoms with Gasteiger partial charge in [0.2, 0.25) is 0 Å². The van der Waals surface area contributed by atoms with E-state index in [9.17, 15) is 4.79 Å². The second-order valence-corrected chi connectivity index (χ2v) is 4.00. The number of benzene rings is 1. The largest absolute Gasteiger partial charge is 0.465 e. The first-order valence-corrected chi connectivity index (χ1v) is 5.74. The van der Waals surface area contributed by atoms with E-state index in [0.717, 1.165) is 11.4 Å². The Morgan fingerprint density at radius 1 is 1.28 bits per heavy atom. The average Bonchev–Trinajstić information content (AvgIpc) is 2.81. The lowest BCUT2D eigenvalue weighted by atomic mass is 10.2. The summed E-state index contributed by atoms with van der Waals surface area (Å²) in [5, 5.41) is 3.25. The minimum atomic E-state index is -0.329. The smallest absolute Gasteiger partial charge is 0.339 e. The molecule has 4 heteroatoms. The number of nitrogens with one attached hydrogen (secondary N) is 1. The number of rotatable bonds is 4. The number of aryl methyl sites for hydroxylation is 1. The molecule has 0 aliphatic rings. The van der Waals surface area contributed by atoms with E-state index in [0.29, 0.717) is 12.1 Å². The van der Waals surface area contributed by atoms with Crippen molar-refractivity contribution in [1.82, 2.24) is 4.57 Å². The molecule has 1 heterocycles. The van der Waals surface area contributed by atoms with Crippen molar-refractivity contribution < 1.29 is 9.53 Å². The van der Waals surface area contributed by atoms with Gasteiger partial charge in [-0.05, 0) is 24.3 Å². The molecule has 18 heavy (non-hydrogen) atoms. The van der Waals surface area contributed by atoms with Crippen LogP contribution in [0.25, 0.3) is 0 Å². The fourth-order valence-corrected chi connectivity index (χ4v) is 1.79. The molecule has 1 N–H and O–H groups in total. The SMILES string of the molecule is COC(=O)c1ccccc1NCc1cccn1C. The molecule has 0 amide bonds. The van der Waals surface area contributed by atoms with Crippen LogP contribution in [0.1, 0.15) is 16.1 Å². The van der Waals surface area contributed by atoms with Gasteiger partial charge in [0.15, 0.2) is 0 Å². The van der Waals surface area contributed by atoms with Gasteiger partial charge in [-0.3, -0.25) is 0 Å². The van der Waals surface area contributed by atoms with Crippen molar-refractivity contribution in [2.24, 2.45) is 7.05 Å². The summed E-state index contributed by atoms with van der Waals surface area (Å²) in [6.45, 7) is 0.664. The molecule has 0 spiro atoms. The molecule has 1 aromatic heterocycles. The number of methoxy groups -OCH3 is 1. The highest BCUT2D eigenvalue weighted by Gasteiger charge is 2.10. The van der Waals surface area contributed by atoms with E-state index in [1.165, 1.54) is 7.11 Å². The summed E-state index contributed by atoms with van der Waals surface area (Å²) in [4.78, 5) is 11.6. The van der Waals surface area contributed by atoms with E-state index in [1.807, 2.05) is 48.1 Å². The lowest BCUT2D eigenvalue weighted by molar-refractivity contribution is 0.0602. The fourth-order valence-electron chi connectivity index (χ4n) is 1.79. The van der Waals surface area contributed by atoms with Gasteiger partial charge in [-0.1, -0.05) is 12.1 Å². The zero-order valence-corrected chi connectivity index (χ0v) is 10.5. The molecule has 4 nitrogen and oxygen atoms in total. The minimum absolute atomic E-state index is 0.329. The van der Waals surface area contributed by atoms with Gasteiger partial charge in [-0.15, -0.1) is 0 Å². The van der Waals surface area contributed by atoms with Crippen molar-refractivity contribution in [2.75, 3.05) is 12.4 Å². The van der Waals surface area contributed by atoms with E-state index in [-0.39, 0.29) is 5.97 Å². The monoisotopic (exact) mass is 244 g/mol. The van der Waals surface area contributed by atoms with Crippen molar-refractivity contribution in [3.05, 3.63) is 53.9 Å². The zero-order valence-electron chi connectivity index (χ0n) is 10.5. The Kier molecular flexibility index (Phi) is 3.67. The van der Waals surface area contributed by atoms with Crippen LogP contribution in [0.4, 0.5) is 5.69 Å². The molecule has 0 atom stereocenters. The van der Waals surface area contributed by atoms with Crippen LogP contribution in [-0.4, -0.2) is 17.6 Å². The highest BCUT2D eigenvalue weighted by atomic mass is 16.5. The Labute approximate surface area is 106 Å². The van der Waals surface area contributed by atoms with Crippen LogP contribution in [0.2, 0.25) is 0 Å². The summed E-state index contributed by atoms with van der Waals surface area (Å²) in [6, 6.07) is 11.4. The Balaban J connectivity index is 2.14. The first kappa shape index (κ1) is 12.2. The molecule has 0 saturated heterocycles. The summed E-state index contributed by atoms with van der Waals surface area (Å²) in [7, 11) is 3.37. The molecule has 0 bridgehead atoms. The molecular weight excluding hydrogens is 228 g/mol. The summed E-state index contributed by atoms with van der Waals surface area (Å²) >= 11 is 0. The number of para-hydroxylation sites is 1. The molecular formula is C14H16N2O2. The first-order valence-electron chi connectivity index (χ1n) is 5.74. The highest BCUT2D eigenvalue weighted by Crippen LogP contribution is 2.17. The highest BCUT2D eigenvalue weighted by molar-refractivity contribution is 5.95. The Morgan fingerprint density at radius 3 is 2.72 bits per heavy atom. The number of esters is 1. The van der Waals surface area contributed by atoms with Crippen LogP contribution >= 0.6 is 0 Å². The number of hydrogen-bond acceptors (Lipinski definition) is 3. The molecule has 0 aliphatic carbocycles. The average molecular weight is 244 g/mol. The van der Waals surface area contributed by atoms with Gasteiger partial charge in [-0.25, -0.2) is 4.79 Å². The second kappa shape index (κ2) is 5.40. The van der Waals surface area contributed by atoms with Gasteiger partial charge < -0.3 is 14.6 Å². The fraction of sp³-hybridized carbons (Fsp3) is 0.214. The van der Waals surface area contributed by atoms with E-state index in [4.69, 9.17) is 4.74 Å². The summed E-state index contributed by atoms with van der Waals surface area (Å²) in [5.74, 6) is -0.329. The topological polar surface area (TPSA) is 43.3 Å². The van der Waals surface area contributed by atoms with Gasteiger partial charge in [0, 0.05) is 24.6 Å². The van der Waals surface area contributed by atoms with Gasteiger partial charge in [-0.2, -0.15) is 0 Å². The van der Waals surface area contributed by atoms with E-state index >= 15 is 0 Å². The van der Waals surface area contributed by atoms with E-state index < -0.39 is 0 Å². The van der Waals surface area contributed by atoms with Crippen LogP contribution in [0.15, 0.2) is 42.6 Å². The third-order valence-corrected chi connectivity index (χ3v) is 2.84.